The first-order chi connectivity index (χ1) is 12.8. The van der Waals surface area contributed by atoms with E-state index in [4.69, 9.17) is 0 Å². The van der Waals surface area contributed by atoms with E-state index in [1.165, 1.54) is 6.08 Å². The summed E-state index contributed by atoms with van der Waals surface area (Å²) in [6.45, 7) is 3.77. The number of benzene rings is 2. The molecular weight excluding hydrogens is 342 g/mol. The molecule has 6 heteroatoms. The lowest BCUT2D eigenvalue weighted by atomic mass is 10.1. The average Bonchev–Trinajstić information content (AvgIpc) is 2.58. The van der Waals surface area contributed by atoms with Crippen LogP contribution >= 0.6 is 0 Å². The van der Waals surface area contributed by atoms with E-state index in [0.717, 1.165) is 21.7 Å². The number of urea groups is 1. The van der Waals surface area contributed by atoms with Crippen molar-refractivity contribution in [3.63, 3.8) is 0 Å². The highest BCUT2D eigenvalue weighted by Gasteiger charge is 2.36. The topological polar surface area (TPSA) is 69.7 Å². The second-order valence-electron chi connectivity index (χ2n) is 6.79. The quantitative estimate of drug-likeness (QED) is 0.672. The van der Waals surface area contributed by atoms with Gasteiger partial charge in [0.25, 0.3) is 11.8 Å². The van der Waals surface area contributed by atoms with E-state index in [2.05, 4.69) is 5.32 Å². The number of carbonyl (C=O) groups excluding carboxylic acids is 3. The maximum atomic E-state index is 12.9. The van der Waals surface area contributed by atoms with Gasteiger partial charge >= 0.3 is 6.03 Å². The van der Waals surface area contributed by atoms with Crippen LogP contribution in [0.25, 0.3) is 6.08 Å². The molecule has 0 radical (unpaired) electrons. The summed E-state index contributed by atoms with van der Waals surface area (Å²) in [7, 11) is 3.86. The fourth-order valence-electron chi connectivity index (χ4n) is 3.01. The van der Waals surface area contributed by atoms with Gasteiger partial charge in [-0.25, -0.2) is 9.69 Å². The van der Waals surface area contributed by atoms with Crippen molar-refractivity contribution in [1.82, 2.24) is 5.32 Å². The third-order valence-corrected chi connectivity index (χ3v) is 4.29. The van der Waals surface area contributed by atoms with Crippen LogP contribution in [0.5, 0.6) is 0 Å². The number of aryl methyl sites for hydroxylation is 2. The monoisotopic (exact) mass is 363 g/mol. The zero-order valence-corrected chi connectivity index (χ0v) is 15.7. The molecule has 27 heavy (non-hydrogen) atoms. The van der Waals surface area contributed by atoms with Gasteiger partial charge in [0.05, 0.1) is 5.69 Å². The Balaban J connectivity index is 1.99. The van der Waals surface area contributed by atoms with Crippen molar-refractivity contribution in [2.24, 2.45) is 0 Å². The highest BCUT2D eigenvalue weighted by Crippen LogP contribution is 2.24. The highest BCUT2D eigenvalue weighted by molar-refractivity contribution is 6.39. The average molecular weight is 363 g/mol. The number of imide groups is 2. The molecule has 1 heterocycles. The molecule has 3 rings (SSSR count). The number of hydrogen-bond acceptors (Lipinski definition) is 4. The Hall–Kier alpha value is -3.41. The molecule has 4 amide bonds. The van der Waals surface area contributed by atoms with E-state index in [-0.39, 0.29) is 5.57 Å². The van der Waals surface area contributed by atoms with Crippen LogP contribution in [-0.2, 0) is 9.59 Å². The van der Waals surface area contributed by atoms with E-state index in [1.54, 1.807) is 12.1 Å². The number of nitrogens with zero attached hydrogens (tertiary/aromatic N) is 2. The van der Waals surface area contributed by atoms with E-state index in [1.807, 2.05) is 63.2 Å². The summed E-state index contributed by atoms with van der Waals surface area (Å²) in [6, 6.07) is 12.1. The van der Waals surface area contributed by atoms with E-state index < -0.39 is 17.8 Å². The van der Waals surface area contributed by atoms with Crippen molar-refractivity contribution in [2.45, 2.75) is 13.8 Å². The fourth-order valence-corrected chi connectivity index (χ4v) is 3.01. The molecule has 1 N–H and O–H groups in total. The van der Waals surface area contributed by atoms with E-state index in [9.17, 15) is 14.4 Å². The number of anilines is 2. The van der Waals surface area contributed by atoms with Gasteiger partial charge in [-0.2, -0.15) is 0 Å². The first-order valence-corrected chi connectivity index (χ1v) is 8.53. The minimum absolute atomic E-state index is 0.0774. The summed E-state index contributed by atoms with van der Waals surface area (Å²) in [4.78, 5) is 40.4. The number of hydrogen-bond donors (Lipinski definition) is 1. The Morgan fingerprint density at radius 3 is 2.07 bits per heavy atom. The Bertz CT molecular complexity index is 939. The van der Waals surface area contributed by atoms with Crippen LogP contribution in [0.2, 0.25) is 0 Å². The molecule has 138 valence electrons. The highest BCUT2D eigenvalue weighted by atomic mass is 16.2. The van der Waals surface area contributed by atoms with Gasteiger partial charge in [-0.1, -0.05) is 18.2 Å². The molecule has 0 saturated carbocycles. The van der Waals surface area contributed by atoms with Gasteiger partial charge in [-0.05, 0) is 60.9 Å². The van der Waals surface area contributed by atoms with Crippen LogP contribution in [0, 0.1) is 13.8 Å². The van der Waals surface area contributed by atoms with Crippen molar-refractivity contribution in [3.8, 4) is 0 Å². The molecule has 1 saturated heterocycles. The Labute approximate surface area is 158 Å². The third kappa shape index (κ3) is 3.74. The number of barbiturate groups is 1. The molecule has 0 spiro atoms. The fraction of sp³-hybridized carbons (Fsp3) is 0.190. The SMILES string of the molecule is Cc1cc(C)cc(N2C(=O)NC(=O)/C(=C\c3ccc(N(C)C)cc3)C2=O)c1. The first kappa shape index (κ1) is 18.4. The van der Waals surface area contributed by atoms with Gasteiger partial charge in [0.1, 0.15) is 5.57 Å². The third-order valence-electron chi connectivity index (χ3n) is 4.29. The molecule has 2 aromatic rings. The van der Waals surface area contributed by atoms with Crippen molar-refractivity contribution < 1.29 is 14.4 Å². The maximum Gasteiger partial charge on any atom is 0.335 e. The largest absolute Gasteiger partial charge is 0.378 e. The summed E-state index contributed by atoms with van der Waals surface area (Å²) < 4.78 is 0. The zero-order chi connectivity index (χ0) is 19.7. The lowest BCUT2D eigenvalue weighted by Crippen LogP contribution is -2.54. The van der Waals surface area contributed by atoms with Gasteiger partial charge in [-0.15, -0.1) is 0 Å². The van der Waals surface area contributed by atoms with Crippen molar-refractivity contribution in [2.75, 3.05) is 23.9 Å². The number of carbonyl (C=O) groups is 3. The van der Waals surface area contributed by atoms with Crippen LogP contribution in [0.3, 0.4) is 0 Å². The molecule has 6 nitrogen and oxygen atoms in total. The predicted molar refractivity (Wildman–Crippen MR) is 106 cm³/mol. The van der Waals surface area contributed by atoms with Gasteiger partial charge in [-0.3, -0.25) is 14.9 Å². The van der Waals surface area contributed by atoms with Gasteiger partial charge < -0.3 is 4.90 Å². The second-order valence-corrected chi connectivity index (χ2v) is 6.79. The maximum absolute atomic E-state index is 12.9. The Morgan fingerprint density at radius 2 is 1.52 bits per heavy atom. The second kappa shape index (κ2) is 7.07. The van der Waals surface area contributed by atoms with Crippen molar-refractivity contribution in [1.29, 1.82) is 0 Å². The number of nitrogens with one attached hydrogen (secondary N) is 1. The summed E-state index contributed by atoms with van der Waals surface area (Å²) >= 11 is 0. The molecular formula is C21H21N3O3. The van der Waals surface area contributed by atoms with Gasteiger partial charge in [0.15, 0.2) is 0 Å². The smallest absolute Gasteiger partial charge is 0.335 e. The van der Waals surface area contributed by atoms with Crippen LogP contribution in [0.4, 0.5) is 16.2 Å². The van der Waals surface area contributed by atoms with Gasteiger partial charge in [0.2, 0.25) is 0 Å². The van der Waals surface area contributed by atoms with Crippen LogP contribution < -0.4 is 15.1 Å². The standard InChI is InChI=1S/C21H21N3O3/c1-13-9-14(2)11-17(10-13)24-20(26)18(19(25)22-21(24)27)12-15-5-7-16(8-6-15)23(3)4/h5-12H,1-4H3,(H,22,25,27)/b18-12+. The van der Waals surface area contributed by atoms with Gasteiger partial charge in [0, 0.05) is 19.8 Å². The van der Waals surface area contributed by atoms with Crippen LogP contribution in [0.15, 0.2) is 48.0 Å². The normalized spacial score (nSPS) is 15.9. The first-order valence-electron chi connectivity index (χ1n) is 8.53. The molecule has 1 fully saturated rings. The van der Waals surface area contributed by atoms with Crippen LogP contribution in [-0.4, -0.2) is 31.9 Å². The summed E-state index contributed by atoms with van der Waals surface area (Å²) in [6.07, 6.45) is 1.50. The van der Waals surface area contributed by atoms with Crippen molar-refractivity contribution in [3.05, 3.63) is 64.7 Å². The van der Waals surface area contributed by atoms with E-state index >= 15 is 0 Å². The minimum Gasteiger partial charge on any atom is -0.378 e. The molecule has 0 bridgehead atoms. The molecule has 0 atom stereocenters. The Kier molecular flexibility index (Phi) is 4.81. The minimum atomic E-state index is -0.741. The van der Waals surface area contributed by atoms with Crippen molar-refractivity contribution >= 4 is 35.3 Å². The molecule has 0 unspecified atom stereocenters. The molecule has 1 aliphatic rings. The molecule has 2 aromatic carbocycles. The van der Waals surface area contributed by atoms with E-state index in [0.29, 0.717) is 11.3 Å². The molecule has 0 aromatic heterocycles. The predicted octanol–water partition coefficient (Wildman–Crippen LogP) is 3.04. The Morgan fingerprint density at radius 1 is 0.926 bits per heavy atom. The lowest BCUT2D eigenvalue weighted by molar-refractivity contribution is -0.122. The van der Waals surface area contributed by atoms with Crippen LogP contribution in [0.1, 0.15) is 16.7 Å². The summed E-state index contributed by atoms with van der Waals surface area (Å²) in [5, 5.41) is 2.25. The number of rotatable bonds is 3. The summed E-state index contributed by atoms with van der Waals surface area (Å²) in [5.74, 6) is -1.33. The zero-order valence-electron chi connectivity index (χ0n) is 15.7. The molecule has 1 aliphatic heterocycles. The summed E-state index contributed by atoms with van der Waals surface area (Å²) in [5.41, 5.74) is 3.92. The lowest BCUT2D eigenvalue weighted by Gasteiger charge is -2.27. The molecule has 0 aliphatic carbocycles. The number of amides is 4.